The number of nitrogens with two attached hydrogens (primary N) is 1. The number of aryl methyl sites for hydroxylation is 1. The monoisotopic (exact) mass is 263 g/mol. The number of rotatable bonds is 3. The van der Waals surface area contributed by atoms with Gasteiger partial charge in [-0.25, -0.2) is 13.4 Å². The molecule has 0 radical (unpaired) electrons. The van der Waals surface area contributed by atoms with Crippen LogP contribution in [0, 0.1) is 6.92 Å². The van der Waals surface area contributed by atoms with E-state index in [1.807, 2.05) is 6.07 Å². The van der Waals surface area contributed by atoms with Crippen LogP contribution in [0.5, 0.6) is 0 Å². The Hall–Kier alpha value is -2.08. The van der Waals surface area contributed by atoms with Crippen molar-refractivity contribution in [3.63, 3.8) is 0 Å². The number of aromatic nitrogens is 1. The van der Waals surface area contributed by atoms with Gasteiger partial charge in [-0.3, -0.25) is 4.72 Å². The van der Waals surface area contributed by atoms with Crippen molar-refractivity contribution in [3.8, 4) is 0 Å². The van der Waals surface area contributed by atoms with Crippen LogP contribution < -0.4 is 10.5 Å². The third-order valence-electron chi connectivity index (χ3n) is 2.43. The minimum atomic E-state index is -3.62. The van der Waals surface area contributed by atoms with Gasteiger partial charge < -0.3 is 5.73 Å². The average molecular weight is 263 g/mol. The Morgan fingerprint density at radius 3 is 2.50 bits per heavy atom. The molecule has 2 aromatic rings. The second kappa shape index (κ2) is 4.66. The molecule has 0 aliphatic rings. The number of sulfonamides is 1. The standard InChI is InChI=1S/C12H13N3O2S/c1-9-7-11(8-14-12(9)13)18(16,17)15-10-5-3-2-4-6-10/h2-8,15H,1H3,(H2,13,14). The van der Waals surface area contributed by atoms with E-state index in [-0.39, 0.29) is 4.90 Å². The number of hydrogen-bond donors (Lipinski definition) is 2. The zero-order valence-corrected chi connectivity index (χ0v) is 10.6. The fraction of sp³-hybridized carbons (Fsp3) is 0.0833. The summed E-state index contributed by atoms with van der Waals surface area (Å²) in [5, 5.41) is 0. The van der Waals surface area contributed by atoms with E-state index in [4.69, 9.17) is 5.73 Å². The first-order valence-corrected chi connectivity index (χ1v) is 6.77. The molecule has 0 amide bonds. The molecule has 6 heteroatoms. The summed E-state index contributed by atoms with van der Waals surface area (Å²) < 4.78 is 26.6. The Kier molecular flexibility index (Phi) is 3.20. The maximum absolute atomic E-state index is 12.1. The molecule has 0 atom stereocenters. The molecule has 2 rings (SSSR count). The molecule has 0 bridgehead atoms. The number of benzene rings is 1. The van der Waals surface area contributed by atoms with Gasteiger partial charge in [0.25, 0.3) is 10.0 Å². The van der Waals surface area contributed by atoms with Crippen molar-refractivity contribution in [1.82, 2.24) is 4.98 Å². The summed E-state index contributed by atoms with van der Waals surface area (Å²) in [7, 11) is -3.62. The molecule has 1 heterocycles. The third-order valence-corrected chi connectivity index (χ3v) is 3.78. The van der Waals surface area contributed by atoms with Crippen LogP contribution in [0.2, 0.25) is 0 Å². The van der Waals surface area contributed by atoms with Crippen molar-refractivity contribution >= 4 is 21.5 Å². The Bertz CT molecular complexity index is 654. The maximum atomic E-state index is 12.1. The molecule has 0 saturated heterocycles. The fourth-order valence-corrected chi connectivity index (χ4v) is 2.51. The molecule has 0 saturated carbocycles. The zero-order valence-electron chi connectivity index (χ0n) is 9.79. The third kappa shape index (κ3) is 2.60. The zero-order chi connectivity index (χ0) is 13.2. The summed E-state index contributed by atoms with van der Waals surface area (Å²) in [5.41, 5.74) is 6.70. The van der Waals surface area contributed by atoms with Crippen LogP contribution in [0.3, 0.4) is 0 Å². The number of nitrogen functional groups attached to an aromatic ring is 1. The van der Waals surface area contributed by atoms with Gasteiger partial charge in [-0.2, -0.15) is 0 Å². The van der Waals surface area contributed by atoms with Crippen LogP contribution in [0.1, 0.15) is 5.56 Å². The fourth-order valence-electron chi connectivity index (χ4n) is 1.43. The minimum absolute atomic E-state index is 0.0954. The van der Waals surface area contributed by atoms with E-state index >= 15 is 0 Å². The highest BCUT2D eigenvalue weighted by Gasteiger charge is 2.15. The Morgan fingerprint density at radius 1 is 1.22 bits per heavy atom. The van der Waals surface area contributed by atoms with Crippen molar-refractivity contribution in [2.24, 2.45) is 0 Å². The first-order chi connectivity index (χ1) is 8.49. The minimum Gasteiger partial charge on any atom is -0.383 e. The lowest BCUT2D eigenvalue weighted by molar-refractivity contribution is 0.601. The van der Waals surface area contributed by atoms with Crippen LogP contribution in [-0.4, -0.2) is 13.4 Å². The number of para-hydroxylation sites is 1. The number of nitrogens with zero attached hydrogens (tertiary/aromatic N) is 1. The van der Waals surface area contributed by atoms with E-state index in [0.717, 1.165) is 0 Å². The first-order valence-electron chi connectivity index (χ1n) is 5.29. The van der Waals surface area contributed by atoms with E-state index in [9.17, 15) is 8.42 Å². The van der Waals surface area contributed by atoms with Crippen LogP contribution in [-0.2, 0) is 10.0 Å². The van der Waals surface area contributed by atoms with E-state index in [1.54, 1.807) is 31.2 Å². The van der Waals surface area contributed by atoms with Crippen molar-refractivity contribution < 1.29 is 8.42 Å². The topological polar surface area (TPSA) is 85.1 Å². The van der Waals surface area contributed by atoms with Gasteiger partial charge in [-0.1, -0.05) is 18.2 Å². The normalized spacial score (nSPS) is 11.2. The number of hydrogen-bond acceptors (Lipinski definition) is 4. The first kappa shape index (κ1) is 12.4. The lowest BCUT2D eigenvalue weighted by atomic mass is 10.3. The van der Waals surface area contributed by atoms with E-state index in [2.05, 4.69) is 9.71 Å². The van der Waals surface area contributed by atoms with Crippen molar-refractivity contribution in [2.45, 2.75) is 11.8 Å². The molecule has 0 aliphatic heterocycles. The van der Waals surface area contributed by atoms with Crippen LogP contribution in [0.15, 0.2) is 47.5 Å². The van der Waals surface area contributed by atoms with Crippen LogP contribution >= 0.6 is 0 Å². The Balaban J connectivity index is 2.34. The van der Waals surface area contributed by atoms with Gasteiger partial charge in [-0.15, -0.1) is 0 Å². The predicted molar refractivity (Wildman–Crippen MR) is 70.6 cm³/mol. The highest BCUT2D eigenvalue weighted by molar-refractivity contribution is 7.92. The smallest absolute Gasteiger partial charge is 0.263 e. The van der Waals surface area contributed by atoms with Gasteiger partial charge in [-0.05, 0) is 30.7 Å². The summed E-state index contributed by atoms with van der Waals surface area (Å²) in [5.74, 6) is 0.327. The average Bonchev–Trinajstić information content (AvgIpc) is 2.33. The largest absolute Gasteiger partial charge is 0.383 e. The molecule has 3 N–H and O–H groups in total. The summed E-state index contributed by atoms with van der Waals surface area (Å²) >= 11 is 0. The second-order valence-electron chi connectivity index (χ2n) is 3.84. The molecule has 0 fully saturated rings. The number of pyridine rings is 1. The summed E-state index contributed by atoms with van der Waals surface area (Å²) in [4.78, 5) is 3.94. The van der Waals surface area contributed by atoms with Crippen LogP contribution in [0.25, 0.3) is 0 Å². The predicted octanol–water partition coefficient (Wildman–Crippen LogP) is 1.77. The summed E-state index contributed by atoms with van der Waals surface area (Å²) in [6, 6.07) is 10.2. The summed E-state index contributed by atoms with van der Waals surface area (Å²) in [6.07, 6.45) is 1.24. The molecule has 18 heavy (non-hydrogen) atoms. The van der Waals surface area contributed by atoms with E-state index in [0.29, 0.717) is 17.1 Å². The second-order valence-corrected chi connectivity index (χ2v) is 5.53. The van der Waals surface area contributed by atoms with Gasteiger partial charge in [0.05, 0.1) is 0 Å². The number of nitrogens with one attached hydrogen (secondary N) is 1. The molecule has 0 spiro atoms. The quantitative estimate of drug-likeness (QED) is 0.883. The van der Waals surface area contributed by atoms with Gasteiger partial charge in [0, 0.05) is 11.9 Å². The van der Waals surface area contributed by atoms with E-state index in [1.165, 1.54) is 12.3 Å². The molecule has 5 nitrogen and oxygen atoms in total. The van der Waals surface area contributed by atoms with Gasteiger partial charge >= 0.3 is 0 Å². The molecular formula is C12H13N3O2S. The van der Waals surface area contributed by atoms with Gasteiger partial charge in [0.15, 0.2) is 0 Å². The maximum Gasteiger partial charge on any atom is 0.263 e. The molecular weight excluding hydrogens is 250 g/mol. The lowest BCUT2D eigenvalue weighted by Crippen LogP contribution is -2.13. The molecule has 0 unspecified atom stereocenters. The van der Waals surface area contributed by atoms with Crippen molar-refractivity contribution in [2.75, 3.05) is 10.5 Å². The Labute approximate surface area is 106 Å². The highest BCUT2D eigenvalue weighted by Crippen LogP contribution is 2.17. The molecule has 94 valence electrons. The molecule has 1 aromatic carbocycles. The molecule has 1 aromatic heterocycles. The Morgan fingerprint density at radius 2 is 1.89 bits per heavy atom. The van der Waals surface area contributed by atoms with E-state index < -0.39 is 10.0 Å². The SMILES string of the molecule is Cc1cc(S(=O)(=O)Nc2ccccc2)cnc1N. The molecule has 0 aliphatic carbocycles. The number of anilines is 2. The van der Waals surface area contributed by atoms with Gasteiger partial charge in [0.1, 0.15) is 10.7 Å². The van der Waals surface area contributed by atoms with Crippen molar-refractivity contribution in [1.29, 1.82) is 0 Å². The van der Waals surface area contributed by atoms with Crippen molar-refractivity contribution in [3.05, 3.63) is 48.2 Å². The van der Waals surface area contributed by atoms with Gasteiger partial charge in [0.2, 0.25) is 0 Å². The highest BCUT2D eigenvalue weighted by atomic mass is 32.2. The summed E-state index contributed by atoms with van der Waals surface area (Å²) in [6.45, 7) is 1.71. The van der Waals surface area contributed by atoms with Crippen LogP contribution in [0.4, 0.5) is 11.5 Å². The lowest BCUT2D eigenvalue weighted by Gasteiger charge is -2.08.